The Morgan fingerprint density at radius 2 is 1.71 bits per heavy atom. The number of carboxylic acid groups (broad SMARTS) is 1. The second-order valence-corrected chi connectivity index (χ2v) is 3.86. The molecule has 0 bridgehead atoms. The van der Waals surface area contributed by atoms with Gasteiger partial charge >= 0.3 is 5.97 Å². The first-order valence-corrected chi connectivity index (χ1v) is 4.99. The number of carbonyl (C=O) groups is 1. The quantitative estimate of drug-likeness (QED) is 0.452. The summed E-state index contributed by atoms with van der Waals surface area (Å²) in [5, 5.41) is 8.51. The van der Waals surface area contributed by atoms with Crippen molar-refractivity contribution in [2.24, 2.45) is 11.5 Å². The molecule has 0 aromatic rings. The summed E-state index contributed by atoms with van der Waals surface area (Å²) in [5.41, 5.74) is 11.0. The monoisotopic (exact) mass is 204 g/mol. The molecular weight excluding hydrogens is 182 g/mol. The van der Waals surface area contributed by atoms with Crippen LogP contribution in [0.3, 0.4) is 0 Å². The fourth-order valence-corrected chi connectivity index (χ4v) is 1.57. The summed E-state index contributed by atoms with van der Waals surface area (Å²) < 4.78 is 0.778. The molecule has 5 nitrogen and oxygen atoms in total. The maximum atomic E-state index is 10.3. The van der Waals surface area contributed by atoms with Crippen LogP contribution in [-0.4, -0.2) is 55.3 Å². The lowest BCUT2D eigenvalue weighted by atomic mass is 10.2. The largest absolute Gasteiger partial charge is 0.481 e. The predicted octanol–water partition coefficient (Wildman–Crippen LogP) is -0.785. The van der Waals surface area contributed by atoms with Gasteiger partial charge in [0.05, 0.1) is 33.1 Å². The molecule has 84 valence electrons. The number of hydrogen-bond donors (Lipinski definition) is 3. The first kappa shape index (κ1) is 13.4. The molecule has 0 fully saturated rings. The van der Waals surface area contributed by atoms with Gasteiger partial charge in [0.15, 0.2) is 0 Å². The molecule has 0 atom stereocenters. The smallest absolute Gasteiger partial charge is 0.303 e. The molecular formula is C9H22N3O2+. The zero-order valence-electron chi connectivity index (χ0n) is 8.91. The molecule has 0 aliphatic rings. The Labute approximate surface area is 85.3 Å². The van der Waals surface area contributed by atoms with Crippen molar-refractivity contribution in [2.75, 3.05) is 39.8 Å². The second kappa shape index (κ2) is 6.75. The predicted molar refractivity (Wildman–Crippen MR) is 55.8 cm³/mol. The van der Waals surface area contributed by atoms with Crippen LogP contribution in [0.4, 0.5) is 0 Å². The minimum atomic E-state index is -0.739. The number of nitrogens with zero attached hydrogens (tertiary/aromatic N) is 1. The van der Waals surface area contributed by atoms with Gasteiger partial charge in [0, 0.05) is 19.5 Å². The summed E-state index contributed by atoms with van der Waals surface area (Å²) in [4.78, 5) is 10.3. The van der Waals surface area contributed by atoms with Crippen molar-refractivity contribution in [3.8, 4) is 0 Å². The van der Waals surface area contributed by atoms with Crippen LogP contribution in [0.2, 0.25) is 0 Å². The van der Waals surface area contributed by atoms with E-state index >= 15 is 0 Å². The summed E-state index contributed by atoms with van der Waals surface area (Å²) in [6.45, 7) is 3.78. The highest BCUT2D eigenvalue weighted by Gasteiger charge is 2.19. The summed E-state index contributed by atoms with van der Waals surface area (Å²) in [5.74, 6) is -0.739. The van der Waals surface area contributed by atoms with Crippen molar-refractivity contribution in [1.29, 1.82) is 0 Å². The topological polar surface area (TPSA) is 89.3 Å². The number of rotatable bonds is 8. The van der Waals surface area contributed by atoms with Gasteiger partial charge in [-0.3, -0.25) is 4.79 Å². The van der Waals surface area contributed by atoms with Crippen molar-refractivity contribution < 1.29 is 14.4 Å². The first-order chi connectivity index (χ1) is 6.54. The fourth-order valence-electron chi connectivity index (χ4n) is 1.57. The lowest BCUT2D eigenvalue weighted by molar-refractivity contribution is -0.907. The Kier molecular flexibility index (Phi) is 6.44. The van der Waals surface area contributed by atoms with Crippen molar-refractivity contribution in [3.05, 3.63) is 0 Å². The molecule has 0 saturated heterocycles. The van der Waals surface area contributed by atoms with Crippen LogP contribution < -0.4 is 11.5 Å². The Bertz CT molecular complexity index is 167. The van der Waals surface area contributed by atoms with E-state index < -0.39 is 5.97 Å². The van der Waals surface area contributed by atoms with Gasteiger partial charge in [-0.05, 0) is 0 Å². The molecule has 0 unspecified atom stereocenters. The van der Waals surface area contributed by atoms with Gasteiger partial charge in [0.25, 0.3) is 0 Å². The van der Waals surface area contributed by atoms with Crippen LogP contribution in [0.5, 0.6) is 0 Å². The van der Waals surface area contributed by atoms with E-state index in [1.807, 2.05) is 0 Å². The van der Waals surface area contributed by atoms with E-state index in [1.54, 1.807) is 0 Å². The van der Waals surface area contributed by atoms with Gasteiger partial charge in [0.1, 0.15) is 0 Å². The van der Waals surface area contributed by atoms with Crippen LogP contribution >= 0.6 is 0 Å². The molecule has 0 heterocycles. The Morgan fingerprint density at radius 1 is 1.21 bits per heavy atom. The third-order valence-electron chi connectivity index (χ3n) is 2.43. The maximum absolute atomic E-state index is 10.3. The number of likely N-dealkylation sites (N-methyl/N-ethyl adjacent to an activating group) is 1. The lowest BCUT2D eigenvalue weighted by Gasteiger charge is -2.33. The highest BCUT2D eigenvalue weighted by Crippen LogP contribution is 2.04. The minimum Gasteiger partial charge on any atom is -0.481 e. The van der Waals surface area contributed by atoms with Gasteiger partial charge in [-0.1, -0.05) is 0 Å². The first-order valence-electron chi connectivity index (χ1n) is 4.99. The minimum absolute atomic E-state index is 0.225. The van der Waals surface area contributed by atoms with Gasteiger partial charge in [-0.15, -0.1) is 0 Å². The molecule has 0 aromatic heterocycles. The van der Waals surface area contributed by atoms with Gasteiger partial charge in [-0.2, -0.15) is 0 Å². The summed E-state index contributed by atoms with van der Waals surface area (Å²) in [7, 11) is 2.07. The molecule has 0 rings (SSSR count). The lowest BCUT2D eigenvalue weighted by Crippen LogP contribution is -2.50. The van der Waals surface area contributed by atoms with E-state index in [0.29, 0.717) is 19.5 Å². The van der Waals surface area contributed by atoms with E-state index in [2.05, 4.69) is 7.05 Å². The van der Waals surface area contributed by atoms with Crippen molar-refractivity contribution in [2.45, 2.75) is 12.8 Å². The van der Waals surface area contributed by atoms with Gasteiger partial charge in [-0.25, -0.2) is 0 Å². The summed E-state index contributed by atoms with van der Waals surface area (Å²) >= 11 is 0. The molecule has 0 saturated carbocycles. The molecule has 0 aliphatic carbocycles. The van der Waals surface area contributed by atoms with Crippen LogP contribution in [0.15, 0.2) is 0 Å². The third kappa shape index (κ3) is 5.90. The van der Waals surface area contributed by atoms with Crippen molar-refractivity contribution in [1.82, 2.24) is 0 Å². The Hall–Kier alpha value is -0.650. The van der Waals surface area contributed by atoms with Crippen LogP contribution in [-0.2, 0) is 4.79 Å². The second-order valence-electron chi connectivity index (χ2n) is 3.86. The average Bonchev–Trinajstić information content (AvgIpc) is 2.03. The third-order valence-corrected chi connectivity index (χ3v) is 2.43. The van der Waals surface area contributed by atoms with Gasteiger partial charge < -0.3 is 21.1 Å². The molecule has 14 heavy (non-hydrogen) atoms. The molecule has 0 radical (unpaired) electrons. The zero-order valence-corrected chi connectivity index (χ0v) is 8.91. The molecule has 0 aliphatic heterocycles. The maximum Gasteiger partial charge on any atom is 0.303 e. The number of aliphatic carboxylic acids is 1. The number of hydrogen-bond acceptors (Lipinski definition) is 3. The van der Waals surface area contributed by atoms with Crippen LogP contribution in [0.25, 0.3) is 0 Å². The Morgan fingerprint density at radius 3 is 2.07 bits per heavy atom. The molecule has 0 aromatic carbocycles. The molecule has 5 heteroatoms. The van der Waals surface area contributed by atoms with Gasteiger partial charge in [0.2, 0.25) is 0 Å². The normalized spacial score (nSPS) is 11.6. The number of quaternary nitrogens is 1. The zero-order chi connectivity index (χ0) is 11.0. The highest BCUT2D eigenvalue weighted by molar-refractivity contribution is 5.66. The van der Waals surface area contributed by atoms with E-state index in [-0.39, 0.29) is 6.42 Å². The molecule has 5 N–H and O–H groups in total. The van der Waals surface area contributed by atoms with Crippen molar-refractivity contribution >= 4 is 5.97 Å². The summed E-state index contributed by atoms with van der Waals surface area (Å²) in [6, 6.07) is 0. The summed E-state index contributed by atoms with van der Waals surface area (Å²) in [6.07, 6.45) is 0.912. The molecule has 0 spiro atoms. The average molecular weight is 204 g/mol. The van der Waals surface area contributed by atoms with Crippen LogP contribution in [0, 0.1) is 0 Å². The Balaban J connectivity index is 3.88. The molecule has 0 amide bonds. The number of carboxylic acids is 1. The fraction of sp³-hybridized carbons (Fsp3) is 0.889. The highest BCUT2D eigenvalue weighted by atomic mass is 16.4. The number of nitrogens with two attached hydrogens (primary N) is 2. The van der Waals surface area contributed by atoms with Crippen molar-refractivity contribution in [3.63, 3.8) is 0 Å². The van der Waals surface area contributed by atoms with E-state index in [4.69, 9.17) is 16.6 Å². The standard InChI is InChI=1S/C9H21N3O2/c1-12(7-4-10,8-5-11)6-2-3-9(13)14/h2-8,10-11H2,1H3/p+1. The van der Waals surface area contributed by atoms with E-state index in [0.717, 1.165) is 24.1 Å². The van der Waals surface area contributed by atoms with E-state index in [1.165, 1.54) is 0 Å². The SMILES string of the molecule is C[N+](CCN)(CCN)CCCC(=O)O. The van der Waals surface area contributed by atoms with Crippen LogP contribution in [0.1, 0.15) is 12.8 Å². The van der Waals surface area contributed by atoms with E-state index in [9.17, 15) is 4.79 Å².